The van der Waals surface area contributed by atoms with Crippen LogP contribution >= 0.6 is 11.8 Å². The van der Waals surface area contributed by atoms with E-state index in [2.05, 4.69) is 58.3 Å². The van der Waals surface area contributed by atoms with E-state index < -0.39 is 12.1 Å². The number of carbonyl (C=O) groups is 1. The largest absolute Gasteiger partial charge is 0.489 e. The molecule has 1 saturated heterocycles. The number of nitriles is 1. The molecule has 1 unspecified atom stereocenters. The minimum Gasteiger partial charge on any atom is -0.489 e. The molecule has 9 nitrogen and oxygen atoms in total. The summed E-state index contributed by atoms with van der Waals surface area (Å²) in [4.78, 5) is 27.5. The minimum atomic E-state index is -0.984. The average molecular weight is 581 g/mol. The summed E-state index contributed by atoms with van der Waals surface area (Å²) in [5.41, 5.74) is 4.31. The molecule has 4 aromatic rings. The minimum absolute atomic E-state index is 0.148. The number of nitrogens with zero attached hydrogens (tertiary/aromatic N) is 6. The number of carboxylic acid groups (broad SMARTS) is 1. The van der Waals surface area contributed by atoms with E-state index >= 15 is 0 Å². The zero-order chi connectivity index (χ0) is 29.1. The van der Waals surface area contributed by atoms with Gasteiger partial charge in [0.15, 0.2) is 5.16 Å². The number of anilines is 2. The fourth-order valence-electron chi connectivity index (χ4n) is 5.88. The van der Waals surface area contributed by atoms with Gasteiger partial charge in [-0.15, -0.1) is 0 Å². The molecule has 0 radical (unpaired) electrons. The van der Waals surface area contributed by atoms with E-state index in [1.165, 1.54) is 16.7 Å². The average Bonchev–Trinajstić information content (AvgIpc) is 3.03. The molecule has 0 bridgehead atoms. The quantitative estimate of drug-likeness (QED) is 0.222. The van der Waals surface area contributed by atoms with Gasteiger partial charge in [-0.2, -0.15) is 5.26 Å². The van der Waals surface area contributed by atoms with Crippen molar-refractivity contribution >= 4 is 40.1 Å². The van der Waals surface area contributed by atoms with E-state index in [4.69, 9.17) is 14.7 Å². The Balaban J connectivity index is 1.31. The van der Waals surface area contributed by atoms with Crippen LogP contribution in [0, 0.1) is 11.3 Å². The predicted molar refractivity (Wildman–Crippen MR) is 164 cm³/mol. The summed E-state index contributed by atoms with van der Waals surface area (Å²) < 4.78 is 6.26. The molecule has 0 aliphatic carbocycles. The van der Waals surface area contributed by atoms with Gasteiger partial charge in [0, 0.05) is 48.9 Å². The van der Waals surface area contributed by atoms with Crippen molar-refractivity contribution in [2.24, 2.45) is 0 Å². The van der Waals surface area contributed by atoms with Gasteiger partial charge in [0.2, 0.25) is 0 Å². The predicted octanol–water partition coefficient (Wildman–Crippen LogP) is 5.58. The van der Waals surface area contributed by atoms with Gasteiger partial charge in [0.1, 0.15) is 18.2 Å². The summed E-state index contributed by atoms with van der Waals surface area (Å²) in [5, 5.41) is 22.0. The smallest absolute Gasteiger partial charge is 0.407 e. The second kappa shape index (κ2) is 12.2. The highest BCUT2D eigenvalue weighted by Crippen LogP contribution is 2.37. The summed E-state index contributed by atoms with van der Waals surface area (Å²) in [6.07, 6.45) is 1.88. The number of aromatic nitrogens is 2. The Hall–Kier alpha value is -4.49. The lowest BCUT2D eigenvalue weighted by atomic mass is 10.0. The van der Waals surface area contributed by atoms with Crippen molar-refractivity contribution in [3.8, 4) is 11.8 Å². The first-order valence-electron chi connectivity index (χ1n) is 14.0. The molecule has 42 heavy (non-hydrogen) atoms. The third-order valence-corrected chi connectivity index (χ3v) is 8.51. The van der Waals surface area contributed by atoms with Crippen LogP contribution in [0.1, 0.15) is 23.2 Å². The molecule has 10 heteroatoms. The highest BCUT2D eigenvalue weighted by atomic mass is 32.2. The van der Waals surface area contributed by atoms with Gasteiger partial charge >= 0.3 is 6.09 Å². The van der Waals surface area contributed by atoms with Crippen molar-refractivity contribution in [3.05, 3.63) is 83.6 Å². The topological polar surface area (TPSA) is 106 Å². The Morgan fingerprint density at radius 3 is 2.67 bits per heavy atom. The van der Waals surface area contributed by atoms with Crippen LogP contribution in [0.3, 0.4) is 0 Å². The Bertz CT molecular complexity index is 1640. The van der Waals surface area contributed by atoms with Gasteiger partial charge in [-0.3, -0.25) is 0 Å². The zero-order valence-corrected chi connectivity index (χ0v) is 24.3. The normalized spacial score (nSPS) is 16.7. The molecule has 214 valence electrons. The van der Waals surface area contributed by atoms with Crippen molar-refractivity contribution in [3.63, 3.8) is 0 Å². The van der Waals surface area contributed by atoms with Crippen molar-refractivity contribution in [1.29, 1.82) is 5.26 Å². The van der Waals surface area contributed by atoms with Crippen LogP contribution in [-0.2, 0) is 19.6 Å². The molecule has 0 spiro atoms. The second-order valence-electron chi connectivity index (χ2n) is 10.5. The van der Waals surface area contributed by atoms with E-state index in [0.717, 1.165) is 57.8 Å². The zero-order valence-electron chi connectivity index (χ0n) is 23.4. The first-order valence-corrected chi connectivity index (χ1v) is 15.3. The standard InChI is InChI=1S/C32H32N6O3S/c1-42-31-34-28-20-36(14-12-27(28)30(35-31)37-15-16-38(32(39)40)24(19-37)11-13-33)29-18-25(17-23-9-5-6-10-26(23)29)41-21-22-7-3-2-4-8-22/h2-10,17-18,24H,11-12,14-16,19-21H2,1H3,(H,39,40). The lowest BCUT2D eigenvalue weighted by Crippen LogP contribution is -2.55. The molecule has 6 rings (SSSR count). The van der Waals surface area contributed by atoms with E-state index in [-0.39, 0.29) is 6.42 Å². The maximum absolute atomic E-state index is 11.8. The van der Waals surface area contributed by atoms with Crippen LogP contribution in [0.5, 0.6) is 5.75 Å². The number of rotatable bonds is 7. The van der Waals surface area contributed by atoms with Gasteiger partial charge in [0.05, 0.1) is 30.8 Å². The molecule has 2 aliphatic heterocycles. The van der Waals surface area contributed by atoms with E-state index in [1.54, 1.807) is 0 Å². The fraction of sp³-hybridized carbons (Fsp3) is 0.312. The number of ether oxygens (including phenoxy) is 1. The number of benzene rings is 3. The maximum atomic E-state index is 11.8. The van der Waals surface area contributed by atoms with Crippen LogP contribution in [0.2, 0.25) is 0 Å². The molecule has 1 aromatic heterocycles. The molecule has 1 atom stereocenters. The van der Waals surface area contributed by atoms with Crippen molar-refractivity contribution in [1.82, 2.24) is 14.9 Å². The second-order valence-corrected chi connectivity index (χ2v) is 11.3. The molecule has 3 aromatic carbocycles. The Morgan fingerprint density at radius 2 is 1.88 bits per heavy atom. The highest BCUT2D eigenvalue weighted by Gasteiger charge is 2.33. The molecule has 1 fully saturated rings. The van der Waals surface area contributed by atoms with Crippen LogP contribution in [0.25, 0.3) is 10.8 Å². The van der Waals surface area contributed by atoms with Gasteiger partial charge in [-0.05, 0) is 29.7 Å². The third kappa shape index (κ3) is 5.65. The maximum Gasteiger partial charge on any atom is 0.407 e. The van der Waals surface area contributed by atoms with Crippen molar-refractivity contribution in [2.75, 3.05) is 42.2 Å². The summed E-state index contributed by atoms with van der Waals surface area (Å²) >= 11 is 1.50. The first kappa shape index (κ1) is 27.7. The first-order chi connectivity index (χ1) is 20.5. The van der Waals surface area contributed by atoms with Gasteiger partial charge < -0.3 is 24.5 Å². The lowest BCUT2D eigenvalue weighted by Gasteiger charge is -2.41. The number of hydrogen-bond donors (Lipinski definition) is 1. The molecular weight excluding hydrogens is 548 g/mol. The number of amides is 1. The number of hydrogen-bond acceptors (Lipinski definition) is 8. The van der Waals surface area contributed by atoms with Crippen molar-refractivity contribution in [2.45, 2.75) is 37.2 Å². The Labute approximate surface area is 249 Å². The lowest BCUT2D eigenvalue weighted by molar-refractivity contribution is 0.119. The number of thioether (sulfide) groups is 1. The SMILES string of the molecule is CSc1nc2c(c(N3CCN(C(=O)O)C(CC#N)C3)n1)CCN(c1cc(OCc3ccccc3)cc3ccccc13)C2. The molecule has 1 N–H and O–H groups in total. The molecule has 3 heterocycles. The van der Waals surface area contributed by atoms with E-state index in [9.17, 15) is 15.2 Å². The molecular formula is C32H32N6O3S. The summed E-state index contributed by atoms with van der Waals surface area (Å²) in [6, 6.07) is 24.5. The summed E-state index contributed by atoms with van der Waals surface area (Å²) in [5.74, 6) is 1.69. The summed E-state index contributed by atoms with van der Waals surface area (Å²) in [7, 11) is 0. The van der Waals surface area contributed by atoms with Gasteiger partial charge in [-0.25, -0.2) is 14.8 Å². The van der Waals surface area contributed by atoms with Crippen LogP contribution in [0.15, 0.2) is 71.9 Å². The third-order valence-electron chi connectivity index (χ3n) is 7.96. The Kier molecular flexibility index (Phi) is 8.02. The Morgan fingerprint density at radius 1 is 1.07 bits per heavy atom. The van der Waals surface area contributed by atoms with Gasteiger partial charge in [-0.1, -0.05) is 66.4 Å². The van der Waals surface area contributed by atoms with Crippen molar-refractivity contribution < 1.29 is 14.6 Å². The number of piperazine rings is 1. The van der Waals surface area contributed by atoms with Crippen LogP contribution in [0.4, 0.5) is 16.3 Å². The van der Waals surface area contributed by atoms with E-state index in [0.29, 0.717) is 37.9 Å². The van der Waals surface area contributed by atoms with Gasteiger partial charge in [0.25, 0.3) is 0 Å². The monoisotopic (exact) mass is 580 g/mol. The van der Waals surface area contributed by atoms with Crippen LogP contribution in [-0.4, -0.2) is 64.5 Å². The van der Waals surface area contributed by atoms with Crippen LogP contribution < -0.4 is 14.5 Å². The molecule has 1 amide bonds. The molecule has 2 aliphatic rings. The highest BCUT2D eigenvalue weighted by molar-refractivity contribution is 7.98. The summed E-state index contributed by atoms with van der Waals surface area (Å²) in [6.45, 7) is 3.21. The molecule has 0 saturated carbocycles. The number of fused-ring (bicyclic) bond motifs is 2. The fourth-order valence-corrected chi connectivity index (χ4v) is 6.26. The van der Waals surface area contributed by atoms with E-state index in [1.807, 2.05) is 30.5 Å².